The van der Waals surface area contributed by atoms with E-state index in [4.69, 9.17) is 0 Å². The lowest BCUT2D eigenvalue weighted by Crippen LogP contribution is -2.31. The van der Waals surface area contributed by atoms with Gasteiger partial charge in [-0.15, -0.1) is 11.8 Å². The number of nitrogens with zero attached hydrogens (tertiary/aromatic N) is 2. The van der Waals surface area contributed by atoms with E-state index in [1.165, 1.54) is 16.7 Å². The van der Waals surface area contributed by atoms with Gasteiger partial charge in [0.15, 0.2) is 0 Å². The third-order valence-corrected chi connectivity index (χ3v) is 4.72. The van der Waals surface area contributed by atoms with Gasteiger partial charge in [-0.3, -0.25) is 19.5 Å². The number of aromatic nitrogens is 1. The van der Waals surface area contributed by atoms with Crippen molar-refractivity contribution in [2.75, 3.05) is 0 Å². The van der Waals surface area contributed by atoms with Crippen LogP contribution in [0, 0.1) is 0 Å². The molecule has 2 aromatic rings. The second-order valence-electron chi connectivity index (χ2n) is 5.79. The first-order valence-corrected chi connectivity index (χ1v) is 8.67. The van der Waals surface area contributed by atoms with Gasteiger partial charge >= 0.3 is 0 Å². The predicted molar refractivity (Wildman–Crippen MR) is 95.9 cm³/mol. The topological polar surface area (TPSA) is 50.3 Å². The van der Waals surface area contributed by atoms with E-state index in [1.54, 1.807) is 12.4 Å². The van der Waals surface area contributed by atoms with E-state index < -0.39 is 0 Å². The molecule has 0 bridgehead atoms. The molecule has 0 unspecified atom stereocenters. The van der Waals surface area contributed by atoms with Crippen LogP contribution in [0.1, 0.15) is 25.0 Å². The summed E-state index contributed by atoms with van der Waals surface area (Å²) in [7, 11) is 0. The zero-order valence-electron chi connectivity index (χ0n) is 13.6. The molecule has 122 valence electrons. The third kappa shape index (κ3) is 3.26. The van der Waals surface area contributed by atoms with Crippen LogP contribution in [0.3, 0.4) is 0 Å². The van der Waals surface area contributed by atoms with Crippen LogP contribution < -0.4 is 0 Å². The normalized spacial score (nSPS) is 14.9. The van der Waals surface area contributed by atoms with Crippen molar-refractivity contribution in [3.05, 3.63) is 70.9 Å². The number of benzene rings is 1. The fourth-order valence-corrected chi connectivity index (χ4v) is 3.58. The zero-order valence-corrected chi connectivity index (χ0v) is 14.4. The Kier molecular flexibility index (Phi) is 4.81. The summed E-state index contributed by atoms with van der Waals surface area (Å²) in [6.45, 7) is 4.30. The van der Waals surface area contributed by atoms with E-state index >= 15 is 0 Å². The summed E-state index contributed by atoms with van der Waals surface area (Å²) in [6, 6.07) is 13.0. The minimum absolute atomic E-state index is 0.214. The zero-order chi connectivity index (χ0) is 17.1. The fourth-order valence-electron chi connectivity index (χ4n) is 2.57. The number of carbonyl (C=O) groups excluding carboxylic acids is 2. The van der Waals surface area contributed by atoms with Gasteiger partial charge in [-0.25, -0.2) is 0 Å². The fraction of sp³-hybridized carbons (Fsp3) is 0.211. The van der Waals surface area contributed by atoms with Crippen LogP contribution in [0.4, 0.5) is 0 Å². The number of thioether (sulfide) groups is 1. The molecule has 0 aliphatic carbocycles. The number of imide groups is 1. The second kappa shape index (κ2) is 7.01. The molecule has 0 atom stereocenters. The van der Waals surface area contributed by atoms with E-state index in [0.29, 0.717) is 10.5 Å². The molecule has 1 aromatic heterocycles. The smallest absolute Gasteiger partial charge is 0.268 e. The van der Waals surface area contributed by atoms with E-state index in [0.717, 1.165) is 11.1 Å². The molecular weight excluding hydrogens is 320 g/mol. The molecule has 0 fully saturated rings. The van der Waals surface area contributed by atoms with Gasteiger partial charge in [0.2, 0.25) is 0 Å². The molecule has 2 amide bonds. The van der Waals surface area contributed by atoms with E-state index in [-0.39, 0.29) is 23.6 Å². The van der Waals surface area contributed by atoms with E-state index in [2.05, 4.69) is 4.98 Å². The first kappa shape index (κ1) is 16.5. The van der Waals surface area contributed by atoms with Crippen molar-refractivity contribution in [2.45, 2.75) is 25.6 Å². The first-order chi connectivity index (χ1) is 11.6. The van der Waals surface area contributed by atoms with Crippen LogP contribution in [-0.2, 0) is 16.1 Å². The lowest BCUT2D eigenvalue weighted by Gasteiger charge is -2.15. The van der Waals surface area contributed by atoms with Crippen LogP contribution in [0.15, 0.2) is 59.8 Å². The first-order valence-electron chi connectivity index (χ1n) is 7.79. The monoisotopic (exact) mass is 338 g/mol. The van der Waals surface area contributed by atoms with Crippen molar-refractivity contribution in [1.82, 2.24) is 9.88 Å². The molecule has 1 aliphatic heterocycles. The number of carbonyl (C=O) groups is 2. The highest BCUT2D eigenvalue weighted by Crippen LogP contribution is 2.38. The maximum Gasteiger partial charge on any atom is 0.268 e. The van der Waals surface area contributed by atoms with Crippen LogP contribution in [-0.4, -0.2) is 26.9 Å². The van der Waals surface area contributed by atoms with E-state index in [9.17, 15) is 9.59 Å². The molecule has 3 rings (SSSR count). The molecule has 24 heavy (non-hydrogen) atoms. The SMILES string of the molecule is CC(C)SC1=C(c2ccccc2)C(=O)N(Cc2ccncc2)C1=O. The molecule has 0 spiro atoms. The average Bonchev–Trinajstić information content (AvgIpc) is 2.81. The van der Waals surface area contributed by atoms with Crippen molar-refractivity contribution in [3.63, 3.8) is 0 Å². The summed E-state index contributed by atoms with van der Waals surface area (Å²) >= 11 is 1.45. The van der Waals surface area contributed by atoms with E-state index in [1.807, 2.05) is 56.3 Å². The van der Waals surface area contributed by atoms with Crippen molar-refractivity contribution in [1.29, 1.82) is 0 Å². The minimum Gasteiger partial charge on any atom is -0.269 e. The third-order valence-electron chi connectivity index (χ3n) is 3.63. The summed E-state index contributed by atoms with van der Waals surface area (Å²) < 4.78 is 0. The highest BCUT2D eigenvalue weighted by atomic mass is 32.2. The maximum absolute atomic E-state index is 12.9. The summed E-state index contributed by atoms with van der Waals surface area (Å²) in [5, 5.41) is 0.219. The molecule has 4 nitrogen and oxygen atoms in total. The Balaban J connectivity index is 1.98. The predicted octanol–water partition coefficient (Wildman–Crippen LogP) is 3.50. The maximum atomic E-state index is 12.9. The summed E-state index contributed by atoms with van der Waals surface area (Å²) in [5.74, 6) is -0.444. The highest BCUT2D eigenvalue weighted by molar-refractivity contribution is 8.04. The highest BCUT2D eigenvalue weighted by Gasteiger charge is 2.39. The van der Waals surface area contributed by atoms with Gasteiger partial charge in [0.1, 0.15) is 0 Å². The lowest BCUT2D eigenvalue weighted by atomic mass is 10.1. The van der Waals surface area contributed by atoms with Crippen molar-refractivity contribution in [3.8, 4) is 0 Å². The summed E-state index contributed by atoms with van der Waals surface area (Å²) in [6.07, 6.45) is 3.32. The van der Waals surface area contributed by atoms with Gasteiger partial charge in [0.25, 0.3) is 11.8 Å². The number of amides is 2. The molecule has 1 aromatic carbocycles. The number of hydrogen-bond donors (Lipinski definition) is 0. The van der Waals surface area contributed by atoms with Gasteiger partial charge in [0.05, 0.1) is 17.0 Å². The van der Waals surface area contributed by atoms with Crippen molar-refractivity contribution >= 4 is 29.1 Å². The Morgan fingerprint density at radius 1 is 1.00 bits per heavy atom. The summed E-state index contributed by atoms with van der Waals surface area (Å²) in [4.78, 5) is 31.6. The van der Waals surface area contributed by atoms with Gasteiger partial charge in [0, 0.05) is 17.6 Å². The number of hydrogen-bond acceptors (Lipinski definition) is 4. The van der Waals surface area contributed by atoms with Crippen LogP contribution in [0.25, 0.3) is 5.57 Å². The second-order valence-corrected chi connectivity index (χ2v) is 7.38. The van der Waals surface area contributed by atoms with Gasteiger partial charge in [-0.2, -0.15) is 0 Å². The Morgan fingerprint density at radius 2 is 1.67 bits per heavy atom. The molecule has 0 radical (unpaired) electrons. The molecule has 2 heterocycles. The molecule has 1 aliphatic rings. The van der Waals surface area contributed by atoms with Crippen molar-refractivity contribution in [2.24, 2.45) is 0 Å². The number of pyridine rings is 1. The Labute approximate surface area is 145 Å². The molecule has 0 saturated heterocycles. The average molecular weight is 338 g/mol. The van der Waals surface area contributed by atoms with Gasteiger partial charge in [-0.05, 0) is 23.3 Å². The molecule has 0 N–H and O–H groups in total. The van der Waals surface area contributed by atoms with Crippen LogP contribution in [0.2, 0.25) is 0 Å². The standard InChI is InChI=1S/C19H18N2O2S/c1-13(2)24-17-16(15-6-4-3-5-7-15)18(22)21(19(17)23)12-14-8-10-20-11-9-14/h3-11,13H,12H2,1-2H3. The lowest BCUT2D eigenvalue weighted by molar-refractivity contribution is -0.137. The molecule has 0 saturated carbocycles. The molecular formula is C19H18N2O2S. The Bertz CT molecular complexity index is 786. The summed E-state index contributed by atoms with van der Waals surface area (Å²) in [5.41, 5.74) is 2.18. The van der Waals surface area contributed by atoms with Crippen molar-refractivity contribution < 1.29 is 9.59 Å². The van der Waals surface area contributed by atoms with Gasteiger partial charge < -0.3 is 0 Å². The minimum atomic E-state index is -0.230. The molecule has 5 heteroatoms. The van der Waals surface area contributed by atoms with Gasteiger partial charge in [-0.1, -0.05) is 44.2 Å². The quantitative estimate of drug-likeness (QED) is 0.783. The number of rotatable bonds is 5. The van der Waals surface area contributed by atoms with Crippen LogP contribution >= 0.6 is 11.8 Å². The Hall–Kier alpha value is -2.40. The van der Waals surface area contributed by atoms with Crippen LogP contribution in [0.5, 0.6) is 0 Å². The largest absolute Gasteiger partial charge is 0.269 e. The Morgan fingerprint density at radius 3 is 2.29 bits per heavy atom.